The molecule has 0 fully saturated rings. The Labute approximate surface area is 120 Å². The molecule has 4 nitrogen and oxygen atoms in total. The van der Waals surface area contributed by atoms with Crippen molar-refractivity contribution in [2.24, 2.45) is 7.05 Å². The fourth-order valence-electron chi connectivity index (χ4n) is 2.00. The molecule has 0 aliphatic heterocycles. The van der Waals surface area contributed by atoms with Gasteiger partial charge in [-0.1, -0.05) is 19.1 Å². The first kappa shape index (κ1) is 14.6. The van der Waals surface area contributed by atoms with Gasteiger partial charge in [0.25, 0.3) is 0 Å². The molecule has 0 spiro atoms. The standard InChI is InChI=1S/C16H23N3O/c1-4-11-20-15-7-5-14(6-8-15)13(2)18-12-16-17-9-10-19(16)3/h5-10,13,18H,4,11-12H2,1-3H3. The average Bonchev–Trinajstić information content (AvgIpc) is 2.88. The fraction of sp³-hybridized carbons (Fsp3) is 0.438. The summed E-state index contributed by atoms with van der Waals surface area (Å²) in [4.78, 5) is 4.31. The van der Waals surface area contributed by atoms with Crippen LogP contribution in [-0.2, 0) is 13.6 Å². The van der Waals surface area contributed by atoms with Crippen molar-refractivity contribution in [3.05, 3.63) is 48.0 Å². The summed E-state index contributed by atoms with van der Waals surface area (Å²) in [5.74, 6) is 1.98. The van der Waals surface area contributed by atoms with E-state index in [4.69, 9.17) is 4.74 Å². The number of hydrogen-bond donors (Lipinski definition) is 1. The molecular weight excluding hydrogens is 250 g/mol. The summed E-state index contributed by atoms with van der Waals surface area (Å²) in [7, 11) is 2.01. The predicted molar refractivity (Wildman–Crippen MR) is 80.7 cm³/mol. The van der Waals surface area contributed by atoms with Gasteiger partial charge in [-0.05, 0) is 31.0 Å². The summed E-state index contributed by atoms with van der Waals surface area (Å²) >= 11 is 0. The van der Waals surface area contributed by atoms with E-state index >= 15 is 0 Å². The maximum Gasteiger partial charge on any atom is 0.122 e. The minimum absolute atomic E-state index is 0.284. The highest BCUT2D eigenvalue weighted by Gasteiger charge is 2.06. The van der Waals surface area contributed by atoms with Crippen molar-refractivity contribution in [2.75, 3.05) is 6.61 Å². The minimum atomic E-state index is 0.284. The van der Waals surface area contributed by atoms with E-state index in [1.54, 1.807) is 0 Å². The lowest BCUT2D eigenvalue weighted by Gasteiger charge is -2.15. The third kappa shape index (κ3) is 3.84. The summed E-state index contributed by atoms with van der Waals surface area (Å²) in [6.45, 7) is 5.80. The van der Waals surface area contributed by atoms with Crippen LogP contribution in [0.3, 0.4) is 0 Å². The molecule has 2 rings (SSSR count). The van der Waals surface area contributed by atoms with Crippen LogP contribution in [0.25, 0.3) is 0 Å². The van der Waals surface area contributed by atoms with Crippen molar-refractivity contribution in [1.29, 1.82) is 0 Å². The van der Waals surface area contributed by atoms with E-state index in [0.717, 1.165) is 31.1 Å². The van der Waals surface area contributed by atoms with Crippen LogP contribution in [0.4, 0.5) is 0 Å². The number of aromatic nitrogens is 2. The molecule has 4 heteroatoms. The van der Waals surface area contributed by atoms with Crippen LogP contribution >= 0.6 is 0 Å². The topological polar surface area (TPSA) is 39.1 Å². The number of ether oxygens (including phenoxy) is 1. The number of nitrogens with one attached hydrogen (secondary N) is 1. The first-order valence-electron chi connectivity index (χ1n) is 7.13. The molecule has 2 aromatic rings. The molecular formula is C16H23N3O. The van der Waals surface area contributed by atoms with E-state index < -0.39 is 0 Å². The van der Waals surface area contributed by atoms with Crippen LogP contribution in [-0.4, -0.2) is 16.2 Å². The lowest BCUT2D eigenvalue weighted by Crippen LogP contribution is -2.20. The van der Waals surface area contributed by atoms with Crippen LogP contribution in [0, 0.1) is 0 Å². The highest BCUT2D eigenvalue weighted by atomic mass is 16.5. The minimum Gasteiger partial charge on any atom is -0.494 e. The number of rotatable bonds is 7. The molecule has 1 unspecified atom stereocenters. The number of hydrogen-bond acceptors (Lipinski definition) is 3. The van der Waals surface area contributed by atoms with Crippen LogP contribution in [0.2, 0.25) is 0 Å². The van der Waals surface area contributed by atoms with E-state index in [0.29, 0.717) is 0 Å². The van der Waals surface area contributed by atoms with Gasteiger partial charge in [0, 0.05) is 25.5 Å². The molecule has 1 heterocycles. The lowest BCUT2D eigenvalue weighted by atomic mass is 10.1. The molecule has 1 aromatic carbocycles. The summed E-state index contributed by atoms with van der Waals surface area (Å²) in [5, 5.41) is 3.48. The summed E-state index contributed by atoms with van der Waals surface area (Å²) in [6, 6.07) is 8.57. The molecule has 1 atom stereocenters. The van der Waals surface area contributed by atoms with Crippen molar-refractivity contribution < 1.29 is 4.74 Å². The Morgan fingerprint density at radius 3 is 2.65 bits per heavy atom. The van der Waals surface area contributed by atoms with Crippen LogP contribution in [0.5, 0.6) is 5.75 Å². The first-order valence-corrected chi connectivity index (χ1v) is 7.13. The third-order valence-electron chi connectivity index (χ3n) is 3.34. The Kier molecular flexibility index (Phi) is 5.18. The molecule has 0 saturated carbocycles. The molecule has 0 aliphatic carbocycles. The smallest absolute Gasteiger partial charge is 0.122 e. The maximum atomic E-state index is 5.59. The van der Waals surface area contributed by atoms with Crippen molar-refractivity contribution >= 4 is 0 Å². The van der Waals surface area contributed by atoms with E-state index in [1.165, 1.54) is 5.56 Å². The zero-order chi connectivity index (χ0) is 14.4. The largest absolute Gasteiger partial charge is 0.494 e. The Bertz CT molecular complexity index is 519. The maximum absolute atomic E-state index is 5.59. The molecule has 0 bridgehead atoms. The molecule has 1 aromatic heterocycles. The van der Waals surface area contributed by atoms with Crippen molar-refractivity contribution in [3.8, 4) is 5.75 Å². The second kappa shape index (κ2) is 7.10. The number of imidazole rings is 1. The molecule has 20 heavy (non-hydrogen) atoms. The van der Waals surface area contributed by atoms with Crippen molar-refractivity contribution in [2.45, 2.75) is 32.9 Å². The van der Waals surface area contributed by atoms with Gasteiger partial charge < -0.3 is 14.6 Å². The second-order valence-electron chi connectivity index (χ2n) is 4.97. The van der Waals surface area contributed by atoms with Gasteiger partial charge in [0.1, 0.15) is 11.6 Å². The normalized spacial score (nSPS) is 12.3. The van der Waals surface area contributed by atoms with E-state index in [1.807, 2.05) is 36.1 Å². The molecule has 0 saturated heterocycles. The quantitative estimate of drug-likeness (QED) is 0.842. The van der Waals surface area contributed by atoms with Gasteiger partial charge in [0.2, 0.25) is 0 Å². The van der Waals surface area contributed by atoms with Gasteiger partial charge >= 0.3 is 0 Å². The number of aryl methyl sites for hydroxylation is 1. The number of benzene rings is 1. The Morgan fingerprint density at radius 2 is 2.05 bits per heavy atom. The Balaban J connectivity index is 1.88. The Morgan fingerprint density at radius 1 is 1.30 bits per heavy atom. The number of nitrogens with zero attached hydrogens (tertiary/aromatic N) is 2. The van der Waals surface area contributed by atoms with E-state index in [9.17, 15) is 0 Å². The van der Waals surface area contributed by atoms with Crippen LogP contribution in [0.15, 0.2) is 36.7 Å². The zero-order valence-electron chi connectivity index (χ0n) is 12.5. The SMILES string of the molecule is CCCOc1ccc(C(C)NCc2nccn2C)cc1. The van der Waals surface area contributed by atoms with Gasteiger partial charge in [-0.3, -0.25) is 0 Å². The summed E-state index contributed by atoms with van der Waals surface area (Å²) < 4.78 is 7.62. The average molecular weight is 273 g/mol. The monoisotopic (exact) mass is 273 g/mol. The van der Waals surface area contributed by atoms with E-state index in [2.05, 4.69) is 36.3 Å². The first-order chi connectivity index (χ1) is 9.70. The highest BCUT2D eigenvalue weighted by molar-refractivity contribution is 5.28. The molecule has 0 amide bonds. The Hall–Kier alpha value is -1.81. The highest BCUT2D eigenvalue weighted by Crippen LogP contribution is 2.18. The van der Waals surface area contributed by atoms with Crippen LogP contribution in [0.1, 0.15) is 37.7 Å². The molecule has 0 aliphatic rings. The third-order valence-corrected chi connectivity index (χ3v) is 3.34. The summed E-state index contributed by atoms with van der Waals surface area (Å²) in [6.07, 6.45) is 4.81. The van der Waals surface area contributed by atoms with Crippen molar-refractivity contribution in [3.63, 3.8) is 0 Å². The fourth-order valence-corrected chi connectivity index (χ4v) is 2.00. The predicted octanol–water partition coefficient (Wildman–Crippen LogP) is 3.06. The molecule has 1 N–H and O–H groups in total. The van der Waals surface area contributed by atoms with Gasteiger partial charge in [0.15, 0.2) is 0 Å². The summed E-state index contributed by atoms with van der Waals surface area (Å²) in [5.41, 5.74) is 1.25. The van der Waals surface area contributed by atoms with E-state index in [-0.39, 0.29) is 6.04 Å². The second-order valence-corrected chi connectivity index (χ2v) is 4.97. The molecule has 0 radical (unpaired) electrons. The van der Waals surface area contributed by atoms with Crippen molar-refractivity contribution in [1.82, 2.24) is 14.9 Å². The van der Waals surface area contributed by atoms with Gasteiger partial charge in [0.05, 0.1) is 13.2 Å². The van der Waals surface area contributed by atoms with Gasteiger partial charge in [-0.15, -0.1) is 0 Å². The van der Waals surface area contributed by atoms with Gasteiger partial charge in [-0.25, -0.2) is 4.98 Å². The lowest BCUT2D eigenvalue weighted by molar-refractivity contribution is 0.317. The molecule has 108 valence electrons. The van der Waals surface area contributed by atoms with Gasteiger partial charge in [-0.2, -0.15) is 0 Å². The zero-order valence-corrected chi connectivity index (χ0v) is 12.5. The van der Waals surface area contributed by atoms with Crippen LogP contribution < -0.4 is 10.1 Å².